The van der Waals surface area contributed by atoms with Crippen LogP contribution < -0.4 is 10.6 Å². The number of amides is 2. The summed E-state index contributed by atoms with van der Waals surface area (Å²) in [5.74, 6) is -1.91. The van der Waals surface area contributed by atoms with Crippen molar-refractivity contribution in [3.05, 3.63) is 35.6 Å². The summed E-state index contributed by atoms with van der Waals surface area (Å²) in [6.07, 6.45) is 0.850. The molecule has 0 aliphatic rings. The Morgan fingerprint density at radius 3 is 2.24 bits per heavy atom. The molecule has 0 aromatic heterocycles. The summed E-state index contributed by atoms with van der Waals surface area (Å²) < 4.78 is 17.8. The molecule has 0 saturated carbocycles. The van der Waals surface area contributed by atoms with Crippen molar-refractivity contribution in [1.82, 2.24) is 10.6 Å². The molecular formula is C18H25FN2O4. The molecule has 25 heavy (non-hydrogen) atoms. The number of halogens is 1. The molecule has 2 amide bonds. The molecule has 0 radical (unpaired) electrons. The summed E-state index contributed by atoms with van der Waals surface area (Å²) in [4.78, 5) is 35.9. The van der Waals surface area contributed by atoms with Crippen molar-refractivity contribution < 1.29 is 23.5 Å². The average molecular weight is 352 g/mol. The second-order valence-electron chi connectivity index (χ2n) is 5.98. The third-order valence-electron chi connectivity index (χ3n) is 4.01. The number of carbonyl (C=O) groups is 3. The van der Waals surface area contributed by atoms with E-state index in [1.807, 2.05) is 13.8 Å². The zero-order valence-corrected chi connectivity index (χ0v) is 15.0. The van der Waals surface area contributed by atoms with E-state index in [9.17, 15) is 18.8 Å². The largest absolute Gasteiger partial charge is 0.467 e. The highest BCUT2D eigenvalue weighted by Gasteiger charge is 2.30. The van der Waals surface area contributed by atoms with E-state index in [1.54, 1.807) is 12.1 Å². The Labute approximate surface area is 147 Å². The van der Waals surface area contributed by atoms with Crippen LogP contribution >= 0.6 is 0 Å². The summed E-state index contributed by atoms with van der Waals surface area (Å²) >= 11 is 0. The lowest BCUT2D eigenvalue weighted by atomic mass is 9.98. The number of methoxy groups -OCH3 is 1. The maximum Gasteiger partial charge on any atom is 0.328 e. The fourth-order valence-electron chi connectivity index (χ4n) is 2.36. The Bertz CT molecular complexity index is 604. The van der Waals surface area contributed by atoms with Gasteiger partial charge in [0.25, 0.3) is 0 Å². The molecule has 3 atom stereocenters. The third-order valence-corrected chi connectivity index (χ3v) is 4.01. The summed E-state index contributed by atoms with van der Waals surface area (Å²) in [6.45, 7) is 5.03. The van der Waals surface area contributed by atoms with Gasteiger partial charge in [-0.2, -0.15) is 0 Å². The van der Waals surface area contributed by atoms with Crippen LogP contribution in [-0.4, -0.2) is 37.0 Å². The molecule has 0 unspecified atom stereocenters. The van der Waals surface area contributed by atoms with E-state index in [1.165, 1.54) is 26.2 Å². The fraction of sp³-hybridized carbons (Fsp3) is 0.500. The molecule has 1 aromatic rings. The quantitative estimate of drug-likeness (QED) is 0.696. The molecular weight excluding hydrogens is 327 g/mol. The molecule has 2 N–H and O–H groups in total. The van der Waals surface area contributed by atoms with Crippen molar-refractivity contribution in [3.63, 3.8) is 0 Å². The van der Waals surface area contributed by atoms with Gasteiger partial charge in [0.05, 0.1) is 7.11 Å². The predicted molar refractivity (Wildman–Crippen MR) is 91.1 cm³/mol. The highest BCUT2D eigenvalue weighted by molar-refractivity contribution is 5.90. The molecule has 7 heteroatoms. The van der Waals surface area contributed by atoms with E-state index in [2.05, 4.69) is 10.6 Å². The maximum atomic E-state index is 13.0. The van der Waals surface area contributed by atoms with Crippen LogP contribution in [0.2, 0.25) is 0 Å². The van der Waals surface area contributed by atoms with Crippen LogP contribution in [0.5, 0.6) is 0 Å². The molecule has 138 valence electrons. The number of hydrogen-bond acceptors (Lipinski definition) is 4. The van der Waals surface area contributed by atoms with Gasteiger partial charge in [0.15, 0.2) is 0 Å². The van der Waals surface area contributed by atoms with Crippen molar-refractivity contribution in [2.24, 2.45) is 5.92 Å². The minimum Gasteiger partial charge on any atom is -0.467 e. The van der Waals surface area contributed by atoms with E-state index >= 15 is 0 Å². The number of rotatable bonds is 8. The monoisotopic (exact) mass is 352 g/mol. The summed E-state index contributed by atoms with van der Waals surface area (Å²) in [5.41, 5.74) is 0.688. The summed E-state index contributed by atoms with van der Waals surface area (Å²) in [5, 5.41) is 5.22. The van der Waals surface area contributed by atoms with Crippen LogP contribution in [0.15, 0.2) is 24.3 Å². The van der Waals surface area contributed by atoms with Crippen LogP contribution in [0, 0.1) is 11.7 Å². The van der Waals surface area contributed by atoms with Gasteiger partial charge >= 0.3 is 5.97 Å². The number of esters is 1. The molecule has 1 aromatic carbocycles. The Morgan fingerprint density at radius 1 is 1.16 bits per heavy atom. The Kier molecular flexibility index (Phi) is 8.04. The first kappa shape index (κ1) is 20.6. The Balaban J connectivity index is 2.92. The number of nitrogens with one attached hydrogen (secondary N) is 2. The van der Waals surface area contributed by atoms with Crippen LogP contribution in [0.25, 0.3) is 0 Å². The first-order valence-corrected chi connectivity index (χ1v) is 8.18. The molecule has 0 aliphatic carbocycles. The normalized spacial score (nSPS) is 14.1. The third kappa shape index (κ3) is 6.52. The van der Waals surface area contributed by atoms with E-state index in [-0.39, 0.29) is 24.1 Å². The summed E-state index contributed by atoms with van der Waals surface area (Å²) in [6, 6.07) is 3.99. The van der Waals surface area contributed by atoms with E-state index < -0.39 is 24.0 Å². The van der Waals surface area contributed by atoms with Gasteiger partial charge in [-0.25, -0.2) is 9.18 Å². The molecule has 6 nitrogen and oxygen atoms in total. The van der Waals surface area contributed by atoms with Crippen molar-refractivity contribution in [2.75, 3.05) is 7.11 Å². The number of benzene rings is 1. The average Bonchev–Trinajstić information content (AvgIpc) is 2.59. The predicted octanol–water partition coefficient (Wildman–Crippen LogP) is 1.58. The number of ether oxygens (including phenoxy) is 1. The number of carbonyl (C=O) groups excluding carboxylic acids is 3. The second kappa shape index (κ2) is 9.76. The smallest absolute Gasteiger partial charge is 0.328 e. The molecule has 0 bridgehead atoms. The van der Waals surface area contributed by atoms with E-state index in [4.69, 9.17) is 4.74 Å². The van der Waals surface area contributed by atoms with Crippen molar-refractivity contribution in [2.45, 2.75) is 45.7 Å². The molecule has 0 heterocycles. The number of hydrogen-bond donors (Lipinski definition) is 2. The SMILES string of the molecule is CC[C@@H](C)[C@@H](NC(=O)[C@@H](Cc1ccc(F)cc1)NC(C)=O)C(=O)OC. The second-order valence-corrected chi connectivity index (χ2v) is 5.98. The lowest BCUT2D eigenvalue weighted by Crippen LogP contribution is -2.54. The minimum absolute atomic E-state index is 0.125. The lowest BCUT2D eigenvalue weighted by molar-refractivity contribution is -0.146. The molecule has 0 saturated heterocycles. The zero-order valence-electron chi connectivity index (χ0n) is 15.0. The topological polar surface area (TPSA) is 84.5 Å². The van der Waals surface area contributed by atoms with Gasteiger partial charge in [-0.15, -0.1) is 0 Å². The van der Waals surface area contributed by atoms with Gasteiger partial charge in [0, 0.05) is 13.3 Å². The Morgan fingerprint density at radius 2 is 1.76 bits per heavy atom. The summed E-state index contributed by atoms with van der Waals surface area (Å²) in [7, 11) is 1.26. The van der Waals surface area contributed by atoms with Gasteiger partial charge < -0.3 is 15.4 Å². The van der Waals surface area contributed by atoms with Gasteiger partial charge in [0.1, 0.15) is 17.9 Å². The van der Waals surface area contributed by atoms with Gasteiger partial charge in [0.2, 0.25) is 11.8 Å². The fourth-order valence-corrected chi connectivity index (χ4v) is 2.36. The molecule has 0 fully saturated rings. The Hall–Kier alpha value is -2.44. The molecule has 0 spiro atoms. The standard InChI is InChI=1S/C18H25FN2O4/c1-5-11(2)16(18(24)25-4)21-17(23)15(20-12(3)22)10-13-6-8-14(19)9-7-13/h6-9,11,15-16H,5,10H2,1-4H3,(H,20,22)(H,21,23)/t11-,15-,16-/m1/s1. The van der Waals surface area contributed by atoms with Crippen molar-refractivity contribution >= 4 is 17.8 Å². The first-order valence-electron chi connectivity index (χ1n) is 8.18. The van der Waals surface area contributed by atoms with E-state index in [0.29, 0.717) is 12.0 Å². The highest BCUT2D eigenvalue weighted by atomic mass is 19.1. The zero-order chi connectivity index (χ0) is 19.0. The lowest BCUT2D eigenvalue weighted by Gasteiger charge is -2.25. The van der Waals surface area contributed by atoms with Crippen LogP contribution in [-0.2, 0) is 25.5 Å². The maximum absolute atomic E-state index is 13.0. The molecule has 1 rings (SSSR count). The van der Waals surface area contributed by atoms with Crippen molar-refractivity contribution in [3.8, 4) is 0 Å². The van der Waals surface area contributed by atoms with Crippen molar-refractivity contribution in [1.29, 1.82) is 0 Å². The van der Waals surface area contributed by atoms with E-state index in [0.717, 1.165) is 0 Å². The highest BCUT2D eigenvalue weighted by Crippen LogP contribution is 2.11. The van der Waals surface area contributed by atoms with Crippen LogP contribution in [0.3, 0.4) is 0 Å². The van der Waals surface area contributed by atoms with Crippen LogP contribution in [0.1, 0.15) is 32.8 Å². The van der Waals surface area contributed by atoms with Gasteiger partial charge in [-0.05, 0) is 23.6 Å². The first-order chi connectivity index (χ1) is 11.8. The van der Waals surface area contributed by atoms with Crippen LogP contribution in [0.4, 0.5) is 4.39 Å². The van der Waals surface area contributed by atoms with Gasteiger partial charge in [-0.1, -0.05) is 32.4 Å². The minimum atomic E-state index is -0.876. The molecule has 0 aliphatic heterocycles. The van der Waals surface area contributed by atoms with Gasteiger partial charge in [-0.3, -0.25) is 9.59 Å².